The number of aliphatic imine (C=N–C) groups is 1. The number of benzene rings is 1. The zero-order valence-corrected chi connectivity index (χ0v) is 17.9. The summed E-state index contributed by atoms with van der Waals surface area (Å²) in [6.07, 6.45) is 2.04. The highest BCUT2D eigenvalue weighted by atomic mass is 16.5. The van der Waals surface area contributed by atoms with Gasteiger partial charge in [0.1, 0.15) is 5.82 Å². The van der Waals surface area contributed by atoms with Crippen LogP contribution in [0.15, 0.2) is 29.3 Å². The first-order valence-corrected chi connectivity index (χ1v) is 10.3. The molecule has 156 valence electrons. The zero-order valence-electron chi connectivity index (χ0n) is 17.9. The molecule has 1 heterocycles. The van der Waals surface area contributed by atoms with Gasteiger partial charge < -0.3 is 24.8 Å². The second-order valence-electron chi connectivity index (χ2n) is 6.99. The molecule has 2 aromatic rings. The molecule has 0 saturated carbocycles. The minimum Gasteiger partial charge on any atom is -0.385 e. The second kappa shape index (κ2) is 12.4. The third-order valence-corrected chi connectivity index (χ3v) is 4.67. The van der Waals surface area contributed by atoms with Gasteiger partial charge >= 0.3 is 0 Å². The molecule has 0 atom stereocenters. The molecule has 2 rings (SSSR count). The van der Waals surface area contributed by atoms with Gasteiger partial charge in [-0.1, -0.05) is 12.1 Å². The number of nitrogens with zero attached hydrogens (tertiary/aromatic N) is 4. The molecule has 2 N–H and O–H groups in total. The van der Waals surface area contributed by atoms with Crippen molar-refractivity contribution < 1.29 is 4.74 Å². The SMILES string of the molecule is CCNC(=NCCCn1c(C)nc2ccccc21)NCCN(C)CCCOC. The van der Waals surface area contributed by atoms with E-state index >= 15 is 0 Å². The summed E-state index contributed by atoms with van der Waals surface area (Å²) >= 11 is 0. The van der Waals surface area contributed by atoms with Crippen LogP contribution in [-0.4, -0.2) is 73.9 Å². The van der Waals surface area contributed by atoms with Crippen LogP contribution < -0.4 is 10.6 Å². The number of hydrogen-bond acceptors (Lipinski definition) is 4. The summed E-state index contributed by atoms with van der Waals surface area (Å²) in [5, 5.41) is 6.75. The Labute approximate surface area is 169 Å². The second-order valence-corrected chi connectivity index (χ2v) is 6.99. The van der Waals surface area contributed by atoms with Gasteiger partial charge in [-0.3, -0.25) is 4.99 Å². The summed E-state index contributed by atoms with van der Waals surface area (Å²) in [5.41, 5.74) is 2.26. The minimum atomic E-state index is 0.783. The Morgan fingerprint density at radius 3 is 2.82 bits per heavy atom. The Kier molecular flexibility index (Phi) is 9.79. The Balaban J connectivity index is 1.76. The first-order valence-electron chi connectivity index (χ1n) is 10.3. The number of hydrogen-bond donors (Lipinski definition) is 2. The van der Waals surface area contributed by atoms with E-state index in [1.165, 1.54) is 5.52 Å². The summed E-state index contributed by atoms with van der Waals surface area (Å²) in [6.45, 7) is 10.4. The first kappa shape index (κ1) is 22.2. The molecule has 0 bridgehead atoms. The van der Waals surface area contributed by atoms with Gasteiger partial charge in [-0.2, -0.15) is 0 Å². The summed E-state index contributed by atoms with van der Waals surface area (Å²) < 4.78 is 7.38. The minimum absolute atomic E-state index is 0.783. The van der Waals surface area contributed by atoms with E-state index in [9.17, 15) is 0 Å². The van der Waals surface area contributed by atoms with Crippen molar-refractivity contribution >= 4 is 17.0 Å². The maximum atomic E-state index is 5.10. The molecule has 1 aromatic carbocycles. The quantitative estimate of drug-likeness (QED) is 0.332. The molecule has 0 aliphatic rings. The molecular weight excluding hydrogens is 352 g/mol. The third-order valence-electron chi connectivity index (χ3n) is 4.67. The summed E-state index contributed by atoms with van der Waals surface area (Å²) in [5.74, 6) is 1.95. The van der Waals surface area contributed by atoms with Gasteiger partial charge in [0, 0.05) is 53.0 Å². The Morgan fingerprint density at radius 2 is 2.04 bits per heavy atom. The molecule has 0 amide bonds. The smallest absolute Gasteiger partial charge is 0.191 e. The van der Waals surface area contributed by atoms with E-state index in [4.69, 9.17) is 9.73 Å². The van der Waals surface area contributed by atoms with E-state index in [0.29, 0.717) is 0 Å². The van der Waals surface area contributed by atoms with Crippen LogP contribution in [0.25, 0.3) is 11.0 Å². The van der Waals surface area contributed by atoms with Crippen LogP contribution in [0.3, 0.4) is 0 Å². The van der Waals surface area contributed by atoms with Gasteiger partial charge in [-0.25, -0.2) is 4.98 Å². The van der Waals surface area contributed by atoms with Gasteiger partial charge in [0.2, 0.25) is 0 Å². The number of aryl methyl sites for hydroxylation is 2. The first-order chi connectivity index (χ1) is 13.7. The Bertz CT molecular complexity index is 727. The van der Waals surface area contributed by atoms with E-state index in [1.54, 1.807) is 7.11 Å². The molecule has 7 heteroatoms. The van der Waals surface area contributed by atoms with Crippen LogP contribution in [0.1, 0.15) is 25.6 Å². The molecule has 0 saturated heterocycles. The molecule has 7 nitrogen and oxygen atoms in total. The van der Waals surface area contributed by atoms with Crippen molar-refractivity contribution in [2.24, 2.45) is 4.99 Å². The van der Waals surface area contributed by atoms with Crippen molar-refractivity contribution in [1.29, 1.82) is 0 Å². The van der Waals surface area contributed by atoms with Gasteiger partial charge in [0.15, 0.2) is 5.96 Å². The highest BCUT2D eigenvalue weighted by molar-refractivity contribution is 5.79. The van der Waals surface area contributed by atoms with Gasteiger partial charge in [0.25, 0.3) is 0 Å². The number of aromatic nitrogens is 2. The fourth-order valence-electron chi connectivity index (χ4n) is 3.20. The number of imidazole rings is 1. The van der Waals surface area contributed by atoms with E-state index in [0.717, 1.165) is 76.0 Å². The predicted molar refractivity (Wildman–Crippen MR) is 117 cm³/mol. The normalized spacial score (nSPS) is 12.1. The van der Waals surface area contributed by atoms with E-state index in [-0.39, 0.29) is 0 Å². The monoisotopic (exact) mass is 388 g/mol. The van der Waals surface area contributed by atoms with Crippen LogP contribution in [-0.2, 0) is 11.3 Å². The maximum absolute atomic E-state index is 5.10. The van der Waals surface area contributed by atoms with Crippen LogP contribution in [0.5, 0.6) is 0 Å². The lowest BCUT2D eigenvalue weighted by Crippen LogP contribution is -2.41. The van der Waals surface area contributed by atoms with Crippen molar-refractivity contribution in [3.05, 3.63) is 30.1 Å². The summed E-state index contributed by atoms with van der Waals surface area (Å²) in [6, 6.07) is 8.30. The fourth-order valence-corrected chi connectivity index (χ4v) is 3.20. The molecule has 0 radical (unpaired) electrons. The van der Waals surface area contributed by atoms with Gasteiger partial charge in [-0.05, 0) is 45.9 Å². The third kappa shape index (κ3) is 7.13. The number of para-hydroxylation sites is 2. The topological polar surface area (TPSA) is 66.7 Å². The largest absolute Gasteiger partial charge is 0.385 e. The van der Waals surface area contributed by atoms with Crippen LogP contribution in [0.2, 0.25) is 0 Å². The number of nitrogens with one attached hydrogen (secondary N) is 2. The van der Waals surface area contributed by atoms with Crippen molar-refractivity contribution in [3.63, 3.8) is 0 Å². The van der Waals surface area contributed by atoms with Crippen LogP contribution in [0, 0.1) is 6.92 Å². The highest BCUT2D eigenvalue weighted by Crippen LogP contribution is 2.15. The standard InChI is InChI=1S/C21H36N6O/c1-5-22-21(24-13-16-26(3)14-9-17-28-4)23-12-8-15-27-18(2)25-19-10-6-7-11-20(19)27/h6-7,10-11H,5,8-9,12-17H2,1-4H3,(H2,22,23,24). The molecule has 0 unspecified atom stereocenters. The van der Waals surface area contributed by atoms with Crippen molar-refractivity contribution in [1.82, 2.24) is 25.1 Å². The molecule has 1 aromatic heterocycles. The summed E-state index contributed by atoms with van der Waals surface area (Å²) in [7, 11) is 3.89. The molecule has 0 aliphatic heterocycles. The molecular formula is C21H36N6O. The maximum Gasteiger partial charge on any atom is 0.191 e. The molecule has 0 fully saturated rings. The fraction of sp³-hybridized carbons (Fsp3) is 0.619. The predicted octanol–water partition coefficient (Wildman–Crippen LogP) is 2.26. The molecule has 0 aliphatic carbocycles. The number of rotatable bonds is 12. The van der Waals surface area contributed by atoms with E-state index in [1.807, 2.05) is 6.07 Å². The van der Waals surface area contributed by atoms with E-state index in [2.05, 4.69) is 64.2 Å². The lowest BCUT2D eigenvalue weighted by Gasteiger charge is -2.18. The Morgan fingerprint density at radius 1 is 1.21 bits per heavy atom. The lowest BCUT2D eigenvalue weighted by atomic mass is 10.3. The number of methoxy groups -OCH3 is 1. The highest BCUT2D eigenvalue weighted by Gasteiger charge is 2.06. The Hall–Kier alpha value is -2.12. The number of fused-ring (bicyclic) bond motifs is 1. The van der Waals surface area contributed by atoms with E-state index < -0.39 is 0 Å². The van der Waals surface area contributed by atoms with Crippen LogP contribution in [0.4, 0.5) is 0 Å². The van der Waals surface area contributed by atoms with Gasteiger partial charge in [-0.15, -0.1) is 0 Å². The molecule has 28 heavy (non-hydrogen) atoms. The number of likely N-dealkylation sites (N-methyl/N-ethyl adjacent to an activating group) is 1. The van der Waals surface area contributed by atoms with Crippen molar-refractivity contribution in [2.45, 2.75) is 33.2 Å². The summed E-state index contributed by atoms with van der Waals surface area (Å²) in [4.78, 5) is 11.7. The van der Waals surface area contributed by atoms with Gasteiger partial charge in [0.05, 0.1) is 11.0 Å². The zero-order chi connectivity index (χ0) is 20.2. The number of guanidine groups is 1. The van der Waals surface area contributed by atoms with Crippen LogP contribution >= 0.6 is 0 Å². The number of ether oxygens (including phenoxy) is 1. The van der Waals surface area contributed by atoms with Crippen molar-refractivity contribution in [2.75, 3.05) is 53.5 Å². The average molecular weight is 389 g/mol. The lowest BCUT2D eigenvalue weighted by molar-refractivity contribution is 0.180. The van der Waals surface area contributed by atoms with Crippen molar-refractivity contribution in [3.8, 4) is 0 Å². The average Bonchev–Trinajstić information content (AvgIpc) is 3.00. The molecule has 0 spiro atoms.